The van der Waals surface area contributed by atoms with Crippen molar-refractivity contribution in [1.82, 2.24) is 9.80 Å². The number of carbonyl (C=O) groups excluding carboxylic acids is 1. The zero-order chi connectivity index (χ0) is 17.7. The molecule has 0 radical (unpaired) electrons. The summed E-state index contributed by atoms with van der Waals surface area (Å²) in [6, 6.07) is 0. The van der Waals surface area contributed by atoms with Crippen LogP contribution in [0.25, 0.3) is 0 Å². The quantitative estimate of drug-likeness (QED) is 0.447. The second-order valence-electron chi connectivity index (χ2n) is 6.94. The van der Waals surface area contributed by atoms with Crippen molar-refractivity contribution in [3.05, 3.63) is 0 Å². The SMILES string of the molecule is CC(C(=O)[O-])C(CC(C)(C)C)C(=O)O.CN1CCN(C)C1=S.[Na+]. The number of thiocarbonyl (C=S) groups is 1. The second kappa shape index (κ2) is 10.5. The van der Waals surface area contributed by atoms with Gasteiger partial charge in [0.1, 0.15) is 0 Å². The van der Waals surface area contributed by atoms with Crippen LogP contribution in [0.2, 0.25) is 0 Å². The van der Waals surface area contributed by atoms with Gasteiger partial charge in [0.05, 0.1) is 5.92 Å². The number of hydrogen-bond acceptors (Lipinski definition) is 4. The van der Waals surface area contributed by atoms with Crippen LogP contribution in [0.5, 0.6) is 0 Å². The summed E-state index contributed by atoms with van der Waals surface area (Å²) in [5, 5.41) is 20.4. The zero-order valence-corrected chi connectivity index (χ0v) is 18.1. The standard InChI is InChI=1S/C10H18O4.C5H10N2S.Na/c1-6(8(11)12)7(9(13)14)5-10(2,3)4;1-6-3-4-7(2)5(6)8;/h6-7H,5H2,1-4H3,(H,11,12)(H,13,14);3-4H2,1-2H3;/q;;+1/p-1. The molecule has 1 N–H and O–H groups in total. The summed E-state index contributed by atoms with van der Waals surface area (Å²) in [5.41, 5.74) is -0.202. The summed E-state index contributed by atoms with van der Waals surface area (Å²) in [4.78, 5) is 25.5. The van der Waals surface area contributed by atoms with Crippen molar-refractivity contribution in [3.63, 3.8) is 0 Å². The molecule has 0 saturated carbocycles. The van der Waals surface area contributed by atoms with Crippen molar-refractivity contribution in [3.8, 4) is 0 Å². The first kappa shape index (κ1) is 24.9. The summed E-state index contributed by atoms with van der Waals surface area (Å²) >= 11 is 5.02. The number of hydrogen-bond donors (Lipinski definition) is 1. The topological polar surface area (TPSA) is 83.9 Å². The van der Waals surface area contributed by atoms with Gasteiger partial charge in [-0.2, -0.15) is 0 Å². The summed E-state index contributed by atoms with van der Waals surface area (Å²) in [7, 11) is 4.04. The second-order valence-corrected chi connectivity index (χ2v) is 7.31. The Bertz CT molecular complexity index is 414. The van der Waals surface area contributed by atoms with Gasteiger partial charge in [-0.3, -0.25) is 4.79 Å². The van der Waals surface area contributed by atoms with Gasteiger partial charge in [-0.1, -0.05) is 27.7 Å². The normalized spacial score (nSPS) is 16.9. The molecule has 23 heavy (non-hydrogen) atoms. The third-order valence-electron chi connectivity index (χ3n) is 3.55. The van der Waals surface area contributed by atoms with E-state index in [1.807, 2.05) is 34.9 Å². The molecule has 0 amide bonds. The van der Waals surface area contributed by atoms with E-state index >= 15 is 0 Å². The Morgan fingerprint density at radius 2 is 1.65 bits per heavy atom. The summed E-state index contributed by atoms with van der Waals surface area (Å²) < 4.78 is 0. The molecule has 2 atom stereocenters. The Hall–Kier alpha value is -0.370. The van der Waals surface area contributed by atoms with Crippen molar-refractivity contribution >= 4 is 29.3 Å². The molecule has 0 bridgehead atoms. The minimum Gasteiger partial charge on any atom is -0.550 e. The number of carboxylic acid groups (broad SMARTS) is 2. The molecule has 128 valence electrons. The molecule has 6 nitrogen and oxygen atoms in total. The molecule has 0 aromatic carbocycles. The third kappa shape index (κ3) is 9.49. The minimum atomic E-state index is -1.30. The maximum Gasteiger partial charge on any atom is 1.00 e. The van der Waals surface area contributed by atoms with Crippen LogP contribution in [-0.4, -0.2) is 59.1 Å². The van der Waals surface area contributed by atoms with E-state index in [4.69, 9.17) is 17.3 Å². The molecule has 1 rings (SSSR count). The van der Waals surface area contributed by atoms with Crippen LogP contribution < -0.4 is 34.7 Å². The van der Waals surface area contributed by atoms with E-state index in [0.29, 0.717) is 6.42 Å². The Kier molecular flexibility index (Phi) is 11.3. The van der Waals surface area contributed by atoms with E-state index in [-0.39, 0.29) is 35.0 Å². The number of likely N-dealkylation sites (N-methyl/N-ethyl adjacent to an activating group) is 2. The van der Waals surface area contributed by atoms with Crippen LogP contribution in [-0.2, 0) is 9.59 Å². The molecular weight excluding hydrogens is 327 g/mol. The molecule has 2 unspecified atom stereocenters. The van der Waals surface area contributed by atoms with Crippen LogP contribution in [0.15, 0.2) is 0 Å². The van der Waals surface area contributed by atoms with Crippen molar-refractivity contribution in [2.24, 2.45) is 17.3 Å². The van der Waals surface area contributed by atoms with Crippen molar-refractivity contribution in [2.75, 3.05) is 27.2 Å². The number of aliphatic carboxylic acids is 2. The fourth-order valence-electron chi connectivity index (χ4n) is 2.08. The molecule has 1 heterocycles. The van der Waals surface area contributed by atoms with Crippen LogP contribution in [0.1, 0.15) is 34.1 Å². The fourth-order valence-corrected chi connectivity index (χ4v) is 2.27. The molecule has 0 aliphatic carbocycles. The van der Waals surface area contributed by atoms with E-state index < -0.39 is 23.8 Å². The molecule has 1 saturated heterocycles. The molecule has 1 aliphatic rings. The predicted octanol–water partition coefficient (Wildman–Crippen LogP) is -2.34. The van der Waals surface area contributed by atoms with Crippen LogP contribution in [0, 0.1) is 17.3 Å². The Morgan fingerprint density at radius 1 is 1.26 bits per heavy atom. The van der Waals surface area contributed by atoms with Crippen LogP contribution in [0.3, 0.4) is 0 Å². The minimum absolute atomic E-state index is 0. The van der Waals surface area contributed by atoms with Crippen LogP contribution in [0.4, 0.5) is 0 Å². The predicted molar refractivity (Wildman–Crippen MR) is 87.2 cm³/mol. The zero-order valence-electron chi connectivity index (χ0n) is 15.3. The third-order valence-corrected chi connectivity index (χ3v) is 4.17. The number of carbonyl (C=O) groups is 2. The first-order valence-corrected chi connectivity index (χ1v) is 7.67. The van der Waals surface area contributed by atoms with Gasteiger partial charge < -0.3 is 24.8 Å². The van der Waals surface area contributed by atoms with E-state index in [1.165, 1.54) is 6.92 Å². The largest absolute Gasteiger partial charge is 1.00 e. The maximum absolute atomic E-state index is 10.8. The van der Waals surface area contributed by atoms with E-state index in [9.17, 15) is 14.7 Å². The van der Waals surface area contributed by atoms with E-state index in [0.717, 1.165) is 18.2 Å². The van der Waals surface area contributed by atoms with Crippen molar-refractivity contribution in [1.29, 1.82) is 0 Å². The first-order chi connectivity index (χ1) is 9.86. The summed E-state index contributed by atoms with van der Waals surface area (Å²) in [5.74, 6) is -4.20. The van der Waals surface area contributed by atoms with Crippen molar-refractivity contribution in [2.45, 2.75) is 34.1 Å². The monoisotopic (exact) mass is 354 g/mol. The maximum atomic E-state index is 10.8. The van der Waals surface area contributed by atoms with Gasteiger partial charge in [-0.25, -0.2) is 0 Å². The smallest absolute Gasteiger partial charge is 0.550 e. The van der Waals surface area contributed by atoms with Gasteiger partial charge >= 0.3 is 35.5 Å². The Balaban J connectivity index is 0. The van der Waals surface area contributed by atoms with Gasteiger partial charge in [0.15, 0.2) is 5.11 Å². The Labute approximate surface area is 166 Å². The fraction of sp³-hybridized carbons (Fsp3) is 0.800. The Morgan fingerprint density at radius 3 is 1.83 bits per heavy atom. The summed E-state index contributed by atoms with van der Waals surface area (Å²) in [6.07, 6.45) is 0.331. The molecule has 1 aliphatic heterocycles. The molecule has 1 fully saturated rings. The van der Waals surface area contributed by atoms with Crippen LogP contribution >= 0.6 is 12.2 Å². The number of carboxylic acids is 2. The van der Waals surface area contributed by atoms with Crippen molar-refractivity contribution < 1.29 is 49.4 Å². The first-order valence-electron chi connectivity index (χ1n) is 7.26. The number of nitrogens with zero attached hydrogens (tertiary/aromatic N) is 2. The van der Waals surface area contributed by atoms with Gasteiger partial charge in [-0.05, 0) is 24.1 Å². The number of rotatable bonds is 4. The molecule has 8 heteroatoms. The van der Waals surface area contributed by atoms with Gasteiger partial charge in [-0.15, -0.1) is 0 Å². The van der Waals surface area contributed by atoms with E-state index in [2.05, 4.69) is 9.80 Å². The van der Waals surface area contributed by atoms with Gasteiger partial charge in [0, 0.05) is 39.1 Å². The summed E-state index contributed by atoms with van der Waals surface area (Å²) in [6.45, 7) is 9.17. The molecule has 0 aromatic rings. The molecular formula is C15H27N2NaO4S. The molecule has 0 aromatic heterocycles. The average Bonchev–Trinajstić information content (AvgIpc) is 2.66. The molecule has 0 spiro atoms. The van der Waals surface area contributed by atoms with Gasteiger partial charge in [0.2, 0.25) is 0 Å². The van der Waals surface area contributed by atoms with Gasteiger partial charge in [0.25, 0.3) is 0 Å². The average molecular weight is 354 g/mol. The van der Waals surface area contributed by atoms with E-state index in [1.54, 1.807) is 0 Å².